The number of halogens is 4. The van der Waals surface area contributed by atoms with Crippen molar-refractivity contribution >= 4 is 21.4 Å². The molecule has 0 radical (unpaired) electrons. The fraction of sp³-hybridized carbons (Fsp3) is 0.458. The number of ether oxygens (including phenoxy) is 2. The molecule has 2 fully saturated rings. The maximum atomic E-state index is 14.0. The number of hydrogen-bond acceptors (Lipinski definition) is 6. The van der Waals surface area contributed by atoms with E-state index in [9.17, 15) is 30.8 Å². The molecule has 0 aromatic heterocycles. The molecule has 0 bridgehead atoms. The molecule has 1 amide bonds. The normalized spacial score (nSPS) is 17.8. The van der Waals surface area contributed by atoms with Gasteiger partial charge in [-0.15, -0.1) is 0 Å². The highest BCUT2D eigenvalue weighted by molar-refractivity contribution is 7.90. The Bertz CT molecular complexity index is 1220. The lowest BCUT2D eigenvalue weighted by Gasteiger charge is -2.36. The Hall–Kier alpha value is -2.86. The largest absolute Gasteiger partial charge is 0.489 e. The van der Waals surface area contributed by atoms with Crippen molar-refractivity contribution in [2.45, 2.75) is 30.0 Å². The average molecular weight is 531 g/mol. The first kappa shape index (κ1) is 26.2. The highest BCUT2D eigenvalue weighted by Gasteiger charge is 2.34. The summed E-state index contributed by atoms with van der Waals surface area (Å²) < 4.78 is 88.2. The Morgan fingerprint density at radius 3 is 2.28 bits per heavy atom. The van der Waals surface area contributed by atoms with Crippen molar-refractivity contribution in [2.24, 2.45) is 0 Å². The van der Waals surface area contributed by atoms with E-state index in [0.29, 0.717) is 32.1 Å². The lowest BCUT2D eigenvalue weighted by atomic mass is 10.1. The Morgan fingerprint density at radius 2 is 1.69 bits per heavy atom. The molecule has 0 aliphatic carbocycles. The van der Waals surface area contributed by atoms with Gasteiger partial charge in [-0.25, -0.2) is 12.8 Å². The van der Waals surface area contributed by atoms with Crippen LogP contribution in [0.1, 0.15) is 28.8 Å². The topological polar surface area (TPSA) is 76.2 Å². The summed E-state index contributed by atoms with van der Waals surface area (Å²) >= 11 is 0. The molecular weight excluding hydrogens is 504 g/mol. The smallest absolute Gasteiger partial charge is 0.419 e. The maximum Gasteiger partial charge on any atom is 0.419 e. The number of alkyl halides is 3. The standard InChI is InChI=1S/C24H26F4N2O5S/c1-36(32,33)18-3-5-22(35-17-6-12-34-13-7-17)19(15-18)23(31)30-10-8-29(9-11-30)16-2-4-20(21(25)14-16)24(26,27)28/h2-5,14-15,17H,6-13H2,1H3. The minimum absolute atomic E-state index is 0.0101. The van der Waals surface area contributed by atoms with Crippen molar-refractivity contribution in [2.75, 3.05) is 50.5 Å². The second-order valence-electron chi connectivity index (χ2n) is 8.80. The van der Waals surface area contributed by atoms with Crippen molar-refractivity contribution in [1.82, 2.24) is 4.90 Å². The number of carbonyl (C=O) groups excluding carboxylic acids is 1. The van der Waals surface area contributed by atoms with Gasteiger partial charge >= 0.3 is 6.18 Å². The van der Waals surface area contributed by atoms with Crippen LogP contribution in [-0.2, 0) is 20.8 Å². The molecule has 2 aromatic rings. The van der Waals surface area contributed by atoms with Crippen molar-refractivity contribution in [3.63, 3.8) is 0 Å². The molecule has 196 valence electrons. The molecule has 0 saturated carbocycles. The first-order valence-corrected chi connectivity index (χ1v) is 13.3. The molecule has 7 nitrogen and oxygen atoms in total. The van der Waals surface area contributed by atoms with Crippen LogP contribution in [0.25, 0.3) is 0 Å². The first-order chi connectivity index (χ1) is 16.9. The van der Waals surface area contributed by atoms with Gasteiger partial charge in [0.1, 0.15) is 17.7 Å². The van der Waals surface area contributed by atoms with E-state index in [2.05, 4.69) is 0 Å². The predicted molar refractivity (Wildman–Crippen MR) is 124 cm³/mol. The summed E-state index contributed by atoms with van der Waals surface area (Å²) in [4.78, 5) is 16.6. The molecule has 0 atom stereocenters. The summed E-state index contributed by atoms with van der Waals surface area (Å²) in [6.07, 6.45) is -2.61. The van der Waals surface area contributed by atoms with Crippen LogP contribution in [0.4, 0.5) is 23.2 Å². The molecule has 2 saturated heterocycles. The third-order valence-electron chi connectivity index (χ3n) is 6.26. The molecule has 36 heavy (non-hydrogen) atoms. The van der Waals surface area contributed by atoms with Crippen LogP contribution in [0.2, 0.25) is 0 Å². The zero-order valence-electron chi connectivity index (χ0n) is 19.6. The number of rotatable bonds is 5. The lowest BCUT2D eigenvalue weighted by Crippen LogP contribution is -2.49. The predicted octanol–water partition coefficient (Wildman–Crippen LogP) is 3.77. The van der Waals surface area contributed by atoms with Gasteiger partial charge in [-0.2, -0.15) is 13.2 Å². The van der Waals surface area contributed by atoms with Gasteiger partial charge in [-0.05, 0) is 36.4 Å². The van der Waals surface area contributed by atoms with Crippen LogP contribution in [0.5, 0.6) is 5.75 Å². The van der Waals surface area contributed by atoms with E-state index < -0.39 is 33.3 Å². The number of sulfone groups is 1. The van der Waals surface area contributed by atoms with Gasteiger partial charge < -0.3 is 19.3 Å². The number of piperazine rings is 1. The molecule has 4 rings (SSSR count). The van der Waals surface area contributed by atoms with E-state index in [-0.39, 0.29) is 54.2 Å². The quantitative estimate of drug-likeness (QED) is 0.548. The minimum atomic E-state index is -4.78. The summed E-state index contributed by atoms with van der Waals surface area (Å²) in [7, 11) is -3.57. The number of benzene rings is 2. The third kappa shape index (κ3) is 5.92. The Kier molecular flexibility index (Phi) is 7.46. The van der Waals surface area contributed by atoms with Crippen molar-refractivity contribution in [1.29, 1.82) is 0 Å². The van der Waals surface area contributed by atoms with Crippen LogP contribution in [0, 0.1) is 5.82 Å². The minimum Gasteiger partial charge on any atom is -0.489 e. The average Bonchev–Trinajstić information content (AvgIpc) is 2.83. The second-order valence-corrected chi connectivity index (χ2v) is 10.8. The fourth-order valence-electron chi connectivity index (χ4n) is 4.25. The number of anilines is 1. The Morgan fingerprint density at radius 1 is 1.03 bits per heavy atom. The first-order valence-electron chi connectivity index (χ1n) is 11.4. The maximum absolute atomic E-state index is 14.0. The van der Waals surface area contributed by atoms with Gasteiger partial charge in [-0.3, -0.25) is 4.79 Å². The molecule has 2 aromatic carbocycles. The molecular formula is C24H26F4N2O5S. The summed E-state index contributed by atoms with van der Waals surface area (Å²) in [5.41, 5.74) is -0.920. The monoisotopic (exact) mass is 530 g/mol. The van der Waals surface area contributed by atoms with Gasteiger partial charge in [0, 0.05) is 51.0 Å². The summed E-state index contributed by atoms with van der Waals surface area (Å²) in [5, 5.41) is 0. The van der Waals surface area contributed by atoms with Crippen LogP contribution in [0.3, 0.4) is 0 Å². The highest BCUT2D eigenvalue weighted by Crippen LogP contribution is 2.33. The van der Waals surface area contributed by atoms with E-state index >= 15 is 0 Å². The van der Waals surface area contributed by atoms with Gasteiger partial charge in [-0.1, -0.05) is 0 Å². The van der Waals surface area contributed by atoms with Crippen molar-refractivity contribution < 1.29 is 40.2 Å². The van der Waals surface area contributed by atoms with Gasteiger partial charge in [0.05, 0.1) is 29.2 Å². The molecule has 0 spiro atoms. The van der Waals surface area contributed by atoms with Gasteiger partial charge in [0.15, 0.2) is 9.84 Å². The number of hydrogen-bond donors (Lipinski definition) is 0. The highest BCUT2D eigenvalue weighted by atomic mass is 32.2. The van der Waals surface area contributed by atoms with E-state index in [1.807, 2.05) is 0 Å². The fourth-order valence-corrected chi connectivity index (χ4v) is 4.90. The summed E-state index contributed by atoms with van der Waals surface area (Å²) in [5.74, 6) is -1.49. The SMILES string of the molecule is CS(=O)(=O)c1ccc(OC2CCOCC2)c(C(=O)N2CCN(c3ccc(C(F)(F)F)c(F)c3)CC2)c1. The molecule has 2 heterocycles. The molecule has 2 aliphatic rings. The van der Waals surface area contributed by atoms with Crippen LogP contribution in [0.15, 0.2) is 41.3 Å². The second kappa shape index (κ2) is 10.3. The van der Waals surface area contributed by atoms with E-state index in [1.165, 1.54) is 29.2 Å². The number of amides is 1. The summed E-state index contributed by atoms with van der Waals surface area (Å²) in [6, 6.07) is 6.95. The zero-order valence-corrected chi connectivity index (χ0v) is 20.4. The Balaban J connectivity index is 1.51. The van der Waals surface area contributed by atoms with Gasteiger partial charge in [0.2, 0.25) is 0 Å². The Labute approximate surface area is 206 Å². The van der Waals surface area contributed by atoms with E-state index in [0.717, 1.165) is 12.3 Å². The lowest BCUT2D eigenvalue weighted by molar-refractivity contribution is -0.139. The third-order valence-corrected chi connectivity index (χ3v) is 7.37. The van der Waals surface area contributed by atoms with Crippen LogP contribution < -0.4 is 9.64 Å². The number of carbonyl (C=O) groups is 1. The molecule has 0 unspecified atom stereocenters. The zero-order chi connectivity index (χ0) is 26.1. The van der Waals surface area contributed by atoms with Gasteiger partial charge in [0.25, 0.3) is 5.91 Å². The van der Waals surface area contributed by atoms with Crippen LogP contribution in [-0.4, -0.2) is 71.0 Å². The van der Waals surface area contributed by atoms with E-state index in [4.69, 9.17) is 9.47 Å². The van der Waals surface area contributed by atoms with Crippen molar-refractivity contribution in [3.05, 3.63) is 53.3 Å². The van der Waals surface area contributed by atoms with Crippen LogP contribution >= 0.6 is 0 Å². The van der Waals surface area contributed by atoms with E-state index in [1.54, 1.807) is 4.90 Å². The molecule has 12 heteroatoms. The molecule has 2 aliphatic heterocycles. The van der Waals surface area contributed by atoms with Crippen molar-refractivity contribution in [3.8, 4) is 5.75 Å². The molecule has 0 N–H and O–H groups in total. The number of nitrogens with zero attached hydrogens (tertiary/aromatic N) is 2. The summed E-state index contributed by atoms with van der Waals surface area (Å²) in [6.45, 7) is 2.00.